The van der Waals surface area contributed by atoms with E-state index < -0.39 is 0 Å². The predicted octanol–water partition coefficient (Wildman–Crippen LogP) is 4.16. The Morgan fingerprint density at radius 1 is 1.04 bits per heavy atom. The van der Waals surface area contributed by atoms with Gasteiger partial charge in [-0.2, -0.15) is 0 Å². The maximum Gasteiger partial charge on any atom is 0.227 e. The van der Waals surface area contributed by atoms with Gasteiger partial charge < -0.3 is 15.8 Å². The molecular weight excluding hydrogens is 348 g/mol. The largest absolute Gasteiger partial charge is 0.497 e. The van der Waals surface area contributed by atoms with Crippen molar-refractivity contribution in [3.8, 4) is 5.75 Å². The quantitative estimate of drug-likeness (QED) is 0.762. The Morgan fingerprint density at radius 2 is 1.65 bits per heavy atom. The first-order valence-electron chi connectivity index (χ1n) is 8.69. The van der Waals surface area contributed by atoms with Crippen molar-refractivity contribution in [2.24, 2.45) is 5.73 Å². The number of nitrogens with two attached hydrogens (primary N) is 1. The van der Waals surface area contributed by atoms with E-state index in [1.807, 2.05) is 43.3 Å². The van der Waals surface area contributed by atoms with Gasteiger partial charge in [-0.15, -0.1) is 12.4 Å². The van der Waals surface area contributed by atoms with E-state index in [1.54, 1.807) is 7.11 Å². The van der Waals surface area contributed by atoms with Crippen LogP contribution in [0.5, 0.6) is 5.75 Å². The lowest BCUT2D eigenvalue weighted by Gasteiger charge is -2.17. The lowest BCUT2D eigenvalue weighted by molar-refractivity contribution is -0.122. The number of ether oxygens (including phenoxy) is 1. The minimum atomic E-state index is -0.259. The molecule has 2 aromatic carbocycles. The van der Waals surface area contributed by atoms with E-state index in [4.69, 9.17) is 10.5 Å². The van der Waals surface area contributed by atoms with Crippen molar-refractivity contribution < 1.29 is 9.53 Å². The van der Waals surface area contributed by atoms with Gasteiger partial charge in [0, 0.05) is 12.6 Å². The van der Waals surface area contributed by atoms with E-state index in [0.29, 0.717) is 12.5 Å². The number of methoxy groups -OCH3 is 1. The minimum absolute atomic E-state index is 0. The fraction of sp³-hybridized carbons (Fsp3) is 0.381. The summed E-state index contributed by atoms with van der Waals surface area (Å²) in [7, 11) is 1.62. The smallest absolute Gasteiger partial charge is 0.227 e. The van der Waals surface area contributed by atoms with Crippen molar-refractivity contribution in [3.63, 3.8) is 0 Å². The molecular formula is C21H29ClN2O2. The van der Waals surface area contributed by atoms with Gasteiger partial charge in [-0.3, -0.25) is 4.79 Å². The number of carbonyl (C=O) groups excluding carboxylic acids is 1. The third-order valence-corrected chi connectivity index (χ3v) is 4.51. The summed E-state index contributed by atoms with van der Waals surface area (Å²) in [6.45, 7) is 6.62. The molecule has 0 heterocycles. The van der Waals surface area contributed by atoms with Crippen molar-refractivity contribution in [2.45, 2.75) is 38.6 Å². The average molecular weight is 377 g/mol. The van der Waals surface area contributed by atoms with E-state index in [-0.39, 0.29) is 30.3 Å². The van der Waals surface area contributed by atoms with Gasteiger partial charge in [0.25, 0.3) is 0 Å². The third kappa shape index (κ3) is 5.75. The molecule has 0 fully saturated rings. The molecule has 2 unspecified atom stereocenters. The molecule has 4 nitrogen and oxygen atoms in total. The lowest BCUT2D eigenvalue weighted by atomic mass is 9.98. The Kier molecular flexibility index (Phi) is 8.62. The van der Waals surface area contributed by atoms with Crippen LogP contribution >= 0.6 is 12.4 Å². The molecule has 0 aliphatic carbocycles. The number of hydrogen-bond donors (Lipinski definition) is 2. The van der Waals surface area contributed by atoms with Crippen molar-refractivity contribution in [2.75, 3.05) is 13.7 Å². The van der Waals surface area contributed by atoms with Crippen LogP contribution in [0.15, 0.2) is 48.5 Å². The minimum Gasteiger partial charge on any atom is -0.497 e. The topological polar surface area (TPSA) is 64.3 Å². The Labute approximate surface area is 162 Å². The number of carbonyl (C=O) groups is 1. The molecule has 0 radical (unpaired) electrons. The first-order valence-corrected chi connectivity index (χ1v) is 8.69. The van der Waals surface area contributed by atoms with Gasteiger partial charge in [-0.1, -0.05) is 50.2 Å². The second kappa shape index (κ2) is 10.2. The summed E-state index contributed by atoms with van der Waals surface area (Å²) in [4.78, 5) is 12.4. The predicted molar refractivity (Wildman–Crippen MR) is 109 cm³/mol. The molecule has 26 heavy (non-hydrogen) atoms. The molecule has 0 saturated heterocycles. The van der Waals surface area contributed by atoms with E-state index in [2.05, 4.69) is 31.3 Å². The van der Waals surface area contributed by atoms with Crippen LogP contribution in [0.4, 0.5) is 0 Å². The number of halogens is 1. The molecule has 0 spiro atoms. The monoisotopic (exact) mass is 376 g/mol. The van der Waals surface area contributed by atoms with Gasteiger partial charge in [0.1, 0.15) is 5.75 Å². The van der Waals surface area contributed by atoms with Gasteiger partial charge in [0.15, 0.2) is 0 Å². The van der Waals surface area contributed by atoms with E-state index in [0.717, 1.165) is 16.9 Å². The molecule has 2 rings (SSSR count). The second-order valence-corrected chi connectivity index (χ2v) is 6.67. The van der Waals surface area contributed by atoms with Crippen LogP contribution in [0.3, 0.4) is 0 Å². The first-order chi connectivity index (χ1) is 11.9. The summed E-state index contributed by atoms with van der Waals surface area (Å²) < 4.78 is 5.22. The Balaban J connectivity index is 0.00000338. The highest BCUT2D eigenvalue weighted by atomic mass is 35.5. The van der Waals surface area contributed by atoms with Crippen LogP contribution in [-0.4, -0.2) is 19.6 Å². The van der Waals surface area contributed by atoms with Gasteiger partial charge in [-0.25, -0.2) is 0 Å². The number of hydrogen-bond acceptors (Lipinski definition) is 3. The molecule has 0 saturated carbocycles. The Bertz CT molecular complexity index is 701. The number of rotatable bonds is 7. The average Bonchev–Trinajstić information content (AvgIpc) is 2.65. The summed E-state index contributed by atoms with van der Waals surface area (Å²) in [6.07, 6.45) is 0. The van der Waals surface area contributed by atoms with Crippen molar-refractivity contribution in [3.05, 3.63) is 65.2 Å². The maximum absolute atomic E-state index is 12.4. The highest BCUT2D eigenvalue weighted by Gasteiger charge is 2.17. The normalized spacial score (nSPS) is 12.8. The lowest BCUT2D eigenvalue weighted by Crippen LogP contribution is -2.34. The molecule has 2 atom stereocenters. The van der Waals surface area contributed by atoms with Crippen molar-refractivity contribution in [1.29, 1.82) is 0 Å². The van der Waals surface area contributed by atoms with Crippen LogP contribution in [0.1, 0.15) is 55.3 Å². The molecule has 0 bridgehead atoms. The van der Waals surface area contributed by atoms with E-state index in [1.165, 1.54) is 5.56 Å². The van der Waals surface area contributed by atoms with Gasteiger partial charge in [-0.05, 0) is 41.7 Å². The number of benzene rings is 2. The second-order valence-electron chi connectivity index (χ2n) is 6.67. The molecule has 2 aromatic rings. The number of amides is 1. The van der Waals surface area contributed by atoms with E-state index >= 15 is 0 Å². The Morgan fingerprint density at radius 3 is 2.23 bits per heavy atom. The standard InChI is InChI=1S/C21H28N2O2.ClH/c1-14(2)16-8-10-17(11-9-16)20(22)13-23-21(24)15(3)18-6-5-7-19(12-18)25-4;/h5-12,14-15,20H,13,22H2,1-4H3,(H,23,24);1H. The highest BCUT2D eigenvalue weighted by molar-refractivity contribution is 5.85. The van der Waals surface area contributed by atoms with Crippen LogP contribution in [-0.2, 0) is 4.79 Å². The zero-order valence-corrected chi connectivity index (χ0v) is 16.7. The van der Waals surface area contributed by atoms with Crippen molar-refractivity contribution in [1.82, 2.24) is 5.32 Å². The van der Waals surface area contributed by atoms with Crippen LogP contribution in [0.2, 0.25) is 0 Å². The zero-order valence-electron chi connectivity index (χ0n) is 15.9. The summed E-state index contributed by atoms with van der Waals surface area (Å²) in [5, 5.41) is 2.95. The molecule has 1 amide bonds. The van der Waals surface area contributed by atoms with Gasteiger partial charge in [0.2, 0.25) is 5.91 Å². The van der Waals surface area contributed by atoms with Crippen LogP contribution in [0, 0.1) is 0 Å². The Hall–Kier alpha value is -2.04. The SMILES string of the molecule is COc1cccc(C(C)C(=O)NCC(N)c2ccc(C(C)C)cc2)c1.Cl. The number of nitrogens with one attached hydrogen (secondary N) is 1. The fourth-order valence-electron chi connectivity index (χ4n) is 2.67. The van der Waals surface area contributed by atoms with Gasteiger partial charge >= 0.3 is 0 Å². The molecule has 0 aliphatic heterocycles. The molecule has 0 aromatic heterocycles. The highest BCUT2D eigenvalue weighted by Crippen LogP contribution is 2.21. The van der Waals surface area contributed by atoms with Crippen molar-refractivity contribution >= 4 is 18.3 Å². The van der Waals surface area contributed by atoms with Crippen LogP contribution in [0.25, 0.3) is 0 Å². The molecule has 142 valence electrons. The summed E-state index contributed by atoms with van der Waals surface area (Å²) in [5.74, 6) is 0.945. The summed E-state index contributed by atoms with van der Waals surface area (Å²) in [5.41, 5.74) is 9.45. The van der Waals surface area contributed by atoms with Crippen LogP contribution < -0.4 is 15.8 Å². The fourth-order valence-corrected chi connectivity index (χ4v) is 2.67. The maximum atomic E-state index is 12.4. The summed E-state index contributed by atoms with van der Waals surface area (Å²) >= 11 is 0. The molecule has 3 N–H and O–H groups in total. The third-order valence-electron chi connectivity index (χ3n) is 4.51. The first kappa shape index (κ1) is 22.0. The summed E-state index contributed by atoms with van der Waals surface area (Å²) in [6, 6.07) is 15.6. The molecule has 5 heteroatoms. The van der Waals surface area contributed by atoms with E-state index in [9.17, 15) is 4.79 Å². The zero-order chi connectivity index (χ0) is 18.4. The van der Waals surface area contributed by atoms with Gasteiger partial charge in [0.05, 0.1) is 13.0 Å². The molecule has 0 aliphatic rings.